The molecule has 0 fully saturated rings. The fraction of sp³-hybridized carbons (Fsp3) is 0. The SMILES string of the molecule is NC(=O)c1cccnc1-c1ccccc1-c1ccc(Cl)cc1. The van der Waals surface area contributed by atoms with E-state index in [0.29, 0.717) is 16.3 Å². The van der Waals surface area contributed by atoms with Gasteiger partial charge in [-0.3, -0.25) is 9.78 Å². The molecule has 0 unspecified atom stereocenters. The molecule has 3 aromatic rings. The average Bonchev–Trinajstić information content (AvgIpc) is 2.55. The van der Waals surface area contributed by atoms with Crippen LogP contribution in [0.25, 0.3) is 22.4 Å². The highest BCUT2D eigenvalue weighted by Crippen LogP contribution is 2.33. The minimum Gasteiger partial charge on any atom is -0.366 e. The summed E-state index contributed by atoms with van der Waals surface area (Å²) in [7, 11) is 0. The summed E-state index contributed by atoms with van der Waals surface area (Å²) >= 11 is 5.95. The average molecular weight is 309 g/mol. The molecule has 1 amide bonds. The number of rotatable bonds is 3. The van der Waals surface area contributed by atoms with Crippen LogP contribution in [0.3, 0.4) is 0 Å². The Morgan fingerprint density at radius 1 is 0.909 bits per heavy atom. The van der Waals surface area contributed by atoms with Crippen LogP contribution in [-0.2, 0) is 0 Å². The van der Waals surface area contributed by atoms with Gasteiger partial charge in [-0.15, -0.1) is 0 Å². The smallest absolute Gasteiger partial charge is 0.250 e. The van der Waals surface area contributed by atoms with Crippen molar-refractivity contribution in [2.45, 2.75) is 0 Å². The summed E-state index contributed by atoms with van der Waals surface area (Å²) in [5, 5.41) is 0.678. The van der Waals surface area contributed by atoms with Crippen molar-refractivity contribution in [1.29, 1.82) is 0 Å². The molecule has 0 atom stereocenters. The lowest BCUT2D eigenvalue weighted by molar-refractivity contribution is 0.100. The quantitative estimate of drug-likeness (QED) is 0.789. The van der Waals surface area contributed by atoms with E-state index in [-0.39, 0.29) is 0 Å². The van der Waals surface area contributed by atoms with Crippen molar-refractivity contribution in [2.75, 3.05) is 0 Å². The molecule has 2 N–H and O–H groups in total. The Kier molecular flexibility index (Phi) is 3.90. The molecule has 3 rings (SSSR count). The fourth-order valence-electron chi connectivity index (χ4n) is 2.39. The predicted octanol–water partition coefficient (Wildman–Crippen LogP) is 4.17. The standard InChI is InChI=1S/C18H13ClN2O/c19-13-9-7-12(8-10-13)14-4-1-2-5-15(14)17-16(18(20)22)6-3-11-21-17/h1-11H,(H2,20,22). The van der Waals surface area contributed by atoms with E-state index in [1.54, 1.807) is 18.3 Å². The maximum Gasteiger partial charge on any atom is 0.250 e. The minimum atomic E-state index is -0.492. The maximum absolute atomic E-state index is 11.7. The number of primary amides is 1. The molecule has 0 aliphatic rings. The minimum absolute atomic E-state index is 0.406. The Labute approximate surface area is 133 Å². The van der Waals surface area contributed by atoms with Crippen LogP contribution in [-0.4, -0.2) is 10.9 Å². The monoisotopic (exact) mass is 308 g/mol. The second kappa shape index (κ2) is 6.00. The van der Waals surface area contributed by atoms with Gasteiger partial charge >= 0.3 is 0 Å². The zero-order valence-corrected chi connectivity index (χ0v) is 12.4. The molecule has 0 saturated carbocycles. The molecule has 108 valence electrons. The van der Waals surface area contributed by atoms with E-state index in [4.69, 9.17) is 17.3 Å². The first-order chi connectivity index (χ1) is 10.7. The van der Waals surface area contributed by atoms with Crippen molar-refractivity contribution in [3.63, 3.8) is 0 Å². The summed E-state index contributed by atoms with van der Waals surface area (Å²) in [5.74, 6) is -0.492. The van der Waals surface area contributed by atoms with Crippen molar-refractivity contribution < 1.29 is 4.79 Å². The number of benzene rings is 2. The molecular weight excluding hydrogens is 296 g/mol. The first-order valence-electron chi connectivity index (χ1n) is 6.77. The van der Waals surface area contributed by atoms with Gasteiger partial charge in [0.25, 0.3) is 5.91 Å². The lowest BCUT2D eigenvalue weighted by atomic mass is 9.95. The number of carbonyl (C=O) groups excluding carboxylic acids is 1. The van der Waals surface area contributed by atoms with Crippen LogP contribution in [0.1, 0.15) is 10.4 Å². The molecule has 22 heavy (non-hydrogen) atoms. The Morgan fingerprint density at radius 2 is 1.59 bits per heavy atom. The van der Waals surface area contributed by atoms with Crippen molar-refractivity contribution in [3.05, 3.63) is 77.4 Å². The van der Waals surface area contributed by atoms with Crippen LogP contribution in [0, 0.1) is 0 Å². The van der Waals surface area contributed by atoms with Crippen LogP contribution in [0.5, 0.6) is 0 Å². The molecule has 0 bridgehead atoms. The van der Waals surface area contributed by atoms with E-state index in [1.165, 1.54) is 0 Å². The maximum atomic E-state index is 11.7. The predicted molar refractivity (Wildman–Crippen MR) is 88.6 cm³/mol. The number of aromatic nitrogens is 1. The lowest BCUT2D eigenvalue weighted by Gasteiger charge is -2.11. The fourth-order valence-corrected chi connectivity index (χ4v) is 2.52. The van der Waals surface area contributed by atoms with Crippen LogP contribution >= 0.6 is 11.6 Å². The number of hydrogen-bond acceptors (Lipinski definition) is 2. The van der Waals surface area contributed by atoms with Gasteiger partial charge < -0.3 is 5.73 Å². The van der Waals surface area contributed by atoms with E-state index in [2.05, 4.69) is 4.98 Å². The molecule has 2 aromatic carbocycles. The van der Waals surface area contributed by atoms with Gasteiger partial charge in [0.2, 0.25) is 0 Å². The highest BCUT2D eigenvalue weighted by molar-refractivity contribution is 6.30. The molecule has 0 saturated heterocycles. The zero-order valence-electron chi connectivity index (χ0n) is 11.7. The molecular formula is C18H13ClN2O. The molecule has 0 aliphatic heterocycles. The number of amides is 1. The third-order valence-corrected chi connectivity index (χ3v) is 3.66. The first-order valence-corrected chi connectivity index (χ1v) is 7.15. The van der Waals surface area contributed by atoms with E-state index >= 15 is 0 Å². The summed E-state index contributed by atoms with van der Waals surface area (Å²) in [4.78, 5) is 16.0. The van der Waals surface area contributed by atoms with Crippen molar-refractivity contribution >= 4 is 17.5 Å². The van der Waals surface area contributed by atoms with Gasteiger partial charge in [-0.2, -0.15) is 0 Å². The number of halogens is 1. The largest absolute Gasteiger partial charge is 0.366 e. The Morgan fingerprint density at radius 3 is 2.27 bits per heavy atom. The topological polar surface area (TPSA) is 56.0 Å². The van der Waals surface area contributed by atoms with E-state index in [0.717, 1.165) is 16.7 Å². The van der Waals surface area contributed by atoms with Crippen molar-refractivity contribution in [3.8, 4) is 22.4 Å². The summed E-state index contributed by atoms with van der Waals surface area (Å²) < 4.78 is 0. The molecule has 4 heteroatoms. The van der Waals surface area contributed by atoms with Crippen LogP contribution in [0.4, 0.5) is 0 Å². The number of nitrogens with two attached hydrogens (primary N) is 1. The molecule has 0 aliphatic carbocycles. The number of nitrogens with zero attached hydrogens (tertiary/aromatic N) is 1. The number of pyridine rings is 1. The Hall–Kier alpha value is -2.65. The zero-order chi connectivity index (χ0) is 15.5. The first kappa shape index (κ1) is 14.3. The lowest BCUT2D eigenvalue weighted by Crippen LogP contribution is -2.13. The molecule has 1 heterocycles. The summed E-state index contributed by atoms with van der Waals surface area (Å²) in [6.45, 7) is 0. The third-order valence-electron chi connectivity index (χ3n) is 3.41. The molecule has 0 radical (unpaired) electrons. The summed E-state index contributed by atoms with van der Waals surface area (Å²) in [6.07, 6.45) is 1.65. The third kappa shape index (κ3) is 2.71. The summed E-state index contributed by atoms with van der Waals surface area (Å²) in [5.41, 5.74) is 9.29. The second-order valence-electron chi connectivity index (χ2n) is 4.82. The molecule has 1 aromatic heterocycles. The second-order valence-corrected chi connectivity index (χ2v) is 5.25. The highest BCUT2D eigenvalue weighted by Gasteiger charge is 2.14. The summed E-state index contributed by atoms with van der Waals surface area (Å²) in [6, 6.07) is 18.7. The number of carbonyl (C=O) groups is 1. The van der Waals surface area contributed by atoms with Gasteiger partial charge in [0.15, 0.2) is 0 Å². The van der Waals surface area contributed by atoms with Gasteiger partial charge in [-0.1, -0.05) is 48.0 Å². The Bertz CT molecular complexity index is 829. The van der Waals surface area contributed by atoms with Gasteiger partial charge in [0.05, 0.1) is 11.3 Å². The molecule has 3 nitrogen and oxygen atoms in total. The Balaban J connectivity index is 2.21. The number of hydrogen-bond donors (Lipinski definition) is 1. The van der Waals surface area contributed by atoms with Crippen molar-refractivity contribution in [1.82, 2.24) is 4.98 Å². The normalized spacial score (nSPS) is 10.4. The van der Waals surface area contributed by atoms with Gasteiger partial charge in [-0.25, -0.2) is 0 Å². The van der Waals surface area contributed by atoms with Crippen LogP contribution in [0.2, 0.25) is 5.02 Å². The van der Waals surface area contributed by atoms with E-state index < -0.39 is 5.91 Å². The van der Waals surface area contributed by atoms with Gasteiger partial charge in [0, 0.05) is 16.8 Å². The van der Waals surface area contributed by atoms with Crippen molar-refractivity contribution in [2.24, 2.45) is 5.73 Å². The van der Waals surface area contributed by atoms with Gasteiger partial charge in [0.1, 0.15) is 0 Å². The highest BCUT2D eigenvalue weighted by atomic mass is 35.5. The van der Waals surface area contributed by atoms with E-state index in [1.807, 2.05) is 48.5 Å². The molecule has 0 spiro atoms. The van der Waals surface area contributed by atoms with Gasteiger partial charge in [-0.05, 0) is 35.4 Å². The van der Waals surface area contributed by atoms with E-state index in [9.17, 15) is 4.79 Å². The van der Waals surface area contributed by atoms with Crippen LogP contribution < -0.4 is 5.73 Å². The van der Waals surface area contributed by atoms with Crippen LogP contribution in [0.15, 0.2) is 66.9 Å².